The van der Waals surface area contributed by atoms with Crippen molar-refractivity contribution in [3.8, 4) is 5.69 Å². The first kappa shape index (κ1) is 17.7. The molecule has 2 heterocycles. The van der Waals surface area contributed by atoms with Crippen LogP contribution in [0.25, 0.3) is 27.5 Å². The standard InChI is InChI=1S/C21H22N3O2P/c1-12(2)21-16(7-8-20(25)26)17-10-18-13(11-22-23-18)9-19(17)24(21)14-3-5-15(27)6-4-14/h3-6,9-12H,7-8,27H2,1-2H3,(H,22,23)(H,25,26). The average molecular weight is 379 g/mol. The number of carbonyl (C=O) groups is 1. The van der Waals surface area contributed by atoms with Crippen molar-refractivity contribution >= 4 is 42.3 Å². The summed E-state index contributed by atoms with van der Waals surface area (Å²) in [4.78, 5) is 11.2. The summed E-state index contributed by atoms with van der Waals surface area (Å²) in [6.45, 7) is 4.32. The molecule has 0 fully saturated rings. The molecule has 2 aromatic heterocycles. The molecule has 0 aliphatic rings. The van der Waals surface area contributed by atoms with Crippen molar-refractivity contribution in [2.45, 2.75) is 32.6 Å². The highest BCUT2D eigenvalue weighted by atomic mass is 31.0. The molecule has 2 aromatic carbocycles. The lowest BCUT2D eigenvalue weighted by Crippen LogP contribution is -2.06. The SMILES string of the molecule is CC(C)c1c(CCC(=O)O)c2cc3[nH]ncc3cc2n1-c1ccc(P)cc1. The van der Waals surface area contributed by atoms with Gasteiger partial charge >= 0.3 is 5.97 Å². The first-order valence-electron chi connectivity index (χ1n) is 9.03. The van der Waals surface area contributed by atoms with Crippen LogP contribution in [-0.4, -0.2) is 25.8 Å². The Kier molecular flexibility index (Phi) is 4.48. The van der Waals surface area contributed by atoms with E-state index >= 15 is 0 Å². The number of H-pyrrole nitrogens is 1. The molecule has 0 saturated carbocycles. The third-order valence-corrected chi connectivity index (χ3v) is 5.34. The lowest BCUT2D eigenvalue weighted by atomic mass is 9.99. The molecule has 138 valence electrons. The number of carboxylic acid groups (broad SMARTS) is 1. The highest BCUT2D eigenvalue weighted by molar-refractivity contribution is 7.27. The fourth-order valence-corrected chi connectivity index (χ4v) is 4.00. The Labute approximate surface area is 159 Å². The zero-order valence-corrected chi connectivity index (χ0v) is 16.5. The molecule has 1 atom stereocenters. The fraction of sp³-hybridized carbons (Fsp3) is 0.238. The second-order valence-electron chi connectivity index (χ2n) is 7.17. The quantitative estimate of drug-likeness (QED) is 0.512. The number of hydrogen-bond donors (Lipinski definition) is 2. The maximum absolute atomic E-state index is 11.2. The Balaban J connectivity index is 2.07. The minimum absolute atomic E-state index is 0.115. The number of nitrogens with one attached hydrogen (secondary N) is 1. The number of aromatic nitrogens is 3. The summed E-state index contributed by atoms with van der Waals surface area (Å²) in [5, 5.41) is 19.7. The van der Waals surface area contributed by atoms with Crippen LogP contribution in [0.2, 0.25) is 0 Å². The zero-order valence-electron chi connectivity index (χ0n) is 15.4. The molecule has 0 aliphatic carbocycles. The molecule has 4 aromatic rings. The molecule has 5 nitrogen and oxygen atoms in total. The number of benzene rings is 2. The van der Waals surface area contributed by atoms with Gasteiger partial charge in [0.25, 0.3) is 0 Å². The van der Waals surface area contributed by atoms with Gasteiger partial charge in [0.05, 0.1) is 17.2 Å². The summed E-state index contributed by atoms with van der Waals surface area (Å²) < 4.78 is 2.27. The topological polar surface area (TPSA) is 70.9 Å². The van der Waals surface area contributed by atoms with Gasteiger partial charge in [-0.15, -0.1) is 9.24 Å². The number of fused-ring (bicyclic) bond motifs is 2. The number of carboxylic acids is 1. The first-order chi connectivity index (χ1) is 13.0. The molecular formula is C21H22N3O2P. The maximum atomic E-state index is 11.2. The molecule has 27 heavy (non-hydrogen) atoms. The van der Waals surface area contributed by atoms with Gasteiger partial charge in [0.1, 0.15) is 0 Å². The van der Waals surface area contributed by atoms with E-state index in [0.29, 0.717) is 6.42 Å². The Hall–Kier alpha value is -2.65. The van der Waals surface area contributed by atoms with Gasteiger partial charge in [0, 0.05) is 28.6 Å². The molecular weight excluding hydrogens is 357 g/mol. The summed E-state index contributed by atoms with van der Waals surface area (Å²) in [5.41, 5.74) is 5.41. The maximum Gasteiger partial charge on any atom is 0.303 e. The van der Waals surface area contributed by atoms with E-state index in [0.717, 1.165) is 38.4 Å². The van der Waals surface area contributed by atoms with Crippen molar-refractivity contribution < 1.29 is 9.90 Å². The molecule has 0 spiro atoms. The van der Waals surface area contributed by atoms with E-state index in [1.165, 1.54) is 5.69 Å². The minimum Gasteiger partial charge on any atom is -0.481 e. The predicted octanol–water partition coefficient (Wildman–Crippen LogP) is 4.15. The lowest BCUT2D eigenvalue weighted by Gasteiger charge is -2.15. The Morgan fingerprint density at radius 3 is 2.67 bits per heavy atom. The fourth-order valence-electron chi connectivity index (χ4n) is 3.81. The van der Waals surface area contributed by atoms with E-state index in [-0.39, 0.29) is 12.3 Å². The van der Waals surface area contributed by atoms with Crippen molar-refractivity contribution in [1.29, 1.82) is 0 Å². The Morgan fingerprint density at radius 2 is 2.00 bits per heavy atom. The van der Waals surface area contributed by atoms with Crippen LogP contribution in [0.5, 0.6) is 0 Å². The van der Waals surface area contributed by atoms with Crippen molar-refractivity contribution in [3.63, 3.8) is 0 Å². The van der Waals surface area contributed by atoms with Crippen molar-refractivity contribution in [3.05, 3.63) is 53.9 Å². The highest BCUT2D eigenvalue weighted by Crippen LogP contribution is 2.36. The number of hydrogen-bond acceptors (Lipinski definition) is 2. The second kappa shape index (κ2) is 6.82. The second-order valence-corrected chi connectivity index (χ2v) is 7.83. The predicted molar refractivity (Wildman–Crippen MR) is 112 cm³/mol. The van der Waals surface area contributed by atoms with Crippen molar-refractivity contribution in [1.82, 2.24) is 14.8 Å². The van der Waals surface area contributed by atoms with E-state index in [4.69, 9.17) is 0 Å². The molecule has 0 bridgehead atoms. The van der Waals surface area contributed by atoms with Crippen LogP contribution in [0.3, 0.4) is 0 Å². The van der Waals surface area contributed by atoms with E-state index in [1.807, 2.05) is 6.20 Å². The largest absolute Gasteiger partial charge is 0.481 e. The number of aryl methyl sites for hydroxylation is 1. The number of aromatic amines is 1. The smallest absolute Gasteiger partial charge is 0.303 e. The Morgan fingerprint density at radius 1 is 1.26 bits per heavy atom. The van der Waals surface area contributed by atoms with Crippen LogP contribution in [-0.2, 0) is 11.2 Å². The molecule has 6 heteroatoms. The van der Waals surface area contributed by atoms with Gasteiger partial charge in [-0.05, 0) is 47.5 Å². The monoisotopic (exact) mass is 379 g/mol. The van der Waals surface area contributed by atoms with Crippen LogP contribution in [0.15, 0.2) is 42.6 Å². The van der Waals surface area contributed by atoms with Gasteiger partial charge in [0.15, 0.2) is 0 Å². The normalized spacial score (nSPS) is 11.7. The van der Waals surface area contributed by atoms with Gasteiger partial charge in [-0.1, -0.05) is 26.0 Å². The zero-order chi connectivity index (χ0) is 19.1. The summed E-state index contributed by atoms with van der Waals surface area (Å²) in [6, 6.07) is 12.6. The van der Waals surface area contributed by atoms with Crippen molar-refractivity contribution in [2.24, 2.45) is 0 Å². The van der Waals surface area contributed by atoms with Crippen molar-refractivity contribution in [2.75, 3.05) is 0 Å². The van der Waals surface area contributed by atoms with Gasteiger partial charge in [-0.2, -0.15) is 5.10 Å². The first-order valence-corrected chi connectivity index (χ1v) is 9.61. The van der Waals surface area contributed by atoms with Gasteiger partial charge in [-0.25, -0.2) is 0 Å². The van der Waals surface area contributed by atoms with Gasteiger partial charge < -0.3 is 9.67 Å². The molecule has 0 saturated heterocycles. The molecule has 2 N–H and O–H groups in total. The van der Waals surface area contributed by atoms with E-state index in [2.05, 4.69) is 74.2 Å². The summed E-state index contributed by atoms with van der Waals surface area (Å²) in [6.07, 6.45) is 2.45. The lowest BCUT2D eigenvalue weighted by molar-refractivity contribution is -0.136. The molecule has 0 amide bonds. The number of nitrogens with zero attached hydrogens (tertiary/aromatic N) is 2. The summed E-state index contributed by atoms with van der Waals surface area (Å²) >= 11 is 0. The minimum atomic E-state index is -0.777. The summed E-state index contributed by atoms with van der Waals surface area (Å²) in [5.74, 6) is -0.520. The van der Waals surface area contributed by atoms with Crippen LogP contribution in [0, 0.1) is 0 Å². The summed E-state index contributed by atoms with van der Waals surface area (Å²) in [7, 11) is 2.71. The Bertz CT molecular complexity index is 1140. The average Bonchev–Trinajstić information content (AvgIpc) is 3.20. The van der Waals surface area contributed by atoms with Crippen LogP contribution >= 0.6 is 9.24 Å². The van der Waals surface area contributed by atoms with E-state index in [9.17, 15) is 9.90 Å². The van der Waals surface area contributed by atoms with Gasteiger partial charge in [0.2, 0.25) is 0 Å². The molecule has 1 unspecified atom stereocenters. The third kappa shape index (κ3) is 3.13. The van der Waals surface area contributed by atoms with E-state index in [1.54, 1.807) is 0 Å². The van der Waals surface area contributed by atoms with Crippen LogP contribution < -0.4 is 5.30 Å². The van der Waals surface area contributed by atoms with Crippen LogP contribution in [0.1, 0.15) is 37.4 Å². The molecule has 4 rings (SSSR count). The highest BCUT2D eigenvalue weighted by Gasteiger charge is 2.22. The molecule has 0 radical (unpaired) electrons. The number of aliphatic carboxylic acids is 1. The molecule has 0 aliphatic heterocycles. The van der Waals surface area contributed by atoms with E-state index < -0.39 is 5.97 Å². The van der Waals surface area contributed by atoms with Crippen LogP contribution in [0.4, 0.5) is 0 Å². The van der Waals surface area contributed by atoms with Gasteiger partial charge in [-0.3, -0.25) is 9.89 Å². The third-order valence-electron chi connectivity index (χ3n) is 4.96. The number of rotatable bonds is 5.